The van der Waals surface area contributed by atoms with Crippen molar-refractivity contribution in [1.29, 1.82) is 0 Å². The summed E-state index contributed by atoms with van der Waals surface area (Å²) in [6.45, 7) is 0.294. The van der Waals surface area contributed by atoms with Gasteiger partial charge in [0.25, 0.3) is 0 Å². The molecule has 1 aromatic carbocycles. The third-order valence-electron chi connectivity index (χ3n) is 6.15. The van der Waals surface area contributed by atoms with Crippen LogP contribution in [0, 0.1) is 5.41 Å². The molecule has 3 rings (SSSR count). The summed E-state index contributed by atoms with van der Waals surface area (Å²) in [6.07, 6.45) is 7.01. The van der Waals surface area contributed by atoms with Crippen LogP contribution >= 0.6 is 0 Å². The number of benzene rings is 1. The molecule has 0 amide bonds. The Hall–Kier alpha value is -1.44. The molecule has 1 N–H and O–H groups in total. The molecule has 28 heavy (non-hydrogen) atoms. The van der Waals surface area contributed by atoms with Gasteiger partial charge in [0.15, 0.2) is 0 Å². The van der Waals surface area contributed by atoms with Crippen molar-refractivity contribution in [3.63, 3.8) is 0 Å². The first-order valence-corrected chi connectivity index (χ1v) is 11.9. The van der Waals surface area contributed by atoms with Gasteiger partial charge in [0, 0.05) is 6.04 Å². The van der Waals surface area contributed by atoms with Crippen molar-refractivity contribution in [3.05, 3.63) is 35.9 Å². The van der Waals surface area contributed by atoms with Crippen molar-refractivity contribution < 1.29 is 22.7 Å². The van der Waals surface area contributed by atoms with Crippen LogP contribution in [0.25, 0.3) is 0 Å². The molecule has 156 valence electrons. The van der Waals surface area contributed by atoms with Gasteiger partial charge < -0.3 is 9.47 Å². The fourth-order valence-corrected chi connectivity index (χ4v) is 5.49. The molecule has 0 unspecified atom stereocenters. The predicted octanol–water partition coefficient (Wildman–Crippen LogP) is 2.99. The largest absolute Gasteiger partial charge is 0.469 e. The number of ether oxygens (including phenoxy) is 2. The lowest BCUT2D eigenvalue weighted by Crippen LogP contribution is -2.39. The molecule has 1 aromatic rings. The van der Waals surface area contributed by atoms with E-state index in [1.165, 1.54) is 12.7 Å². The normalized spacial score (nSPS) is 30.9. The average molecular weight is 410 g/mol. The smallest absolute Gasteiger partial charge is 0.314 e. The molecular weight excluding hydrogens is 378 g/mol. The number of hydrogen-bond donors (Lipinski definition) is 1. The van der Waals surface area contributed by atoms with Crippen molar-refractivity contribution in [2.45, 2.75) is 63.0 Å². The maximum atomic E-state index is 12.5. The highest BCUT2D eigenvalue weighted by atomic mass is 32.2. The van der Waals surface area contributed by atoms with Gasteiger partial charge in [-0.2, -0.15) is 0 Å². The summed E-state index contributed by atoms with van der Waals surface area (Å²) >= 11 is 0. The Labute approximate surface area is 168 Å². The number of nitrogens with one attached hydrogen (secondary N) is 1. The summed E-state index contributed by atoms with van der Waals surface area (Å²) in [6, 6.07) is 10.3. The Balaban J connectivity index is 1.55. The van der Waals surface area contributed by atoms with Gasteiger partial charge in [-0.25, -0.2) is 13.1 Å². The lowest BCUT2D eigenvalue weighted by atomic mass is 9.82. The number of carbonyl (C=O) groups excluding carboxylic acids is 1. The van der Waals surface area contributed by atoms with Gasteiger partial charge in [-0.15, -0.1) is 0 Å². The summed E-state index contributed by atoms with van der Waals surface area (Å²) in [7, 11) is -1.92. The van der Waals surface area contributed by atoms with Gasteiger partial charge in [-0.05, 0) is 56.4 Å². The Morgan fingerprint density at radius 3 is 2.43 bits per heavy atom. The van der Waals surface area contributed by atoms with Crippen LogP contribution in [0.15, 0.2) is 30.3 Å². The molecule has 0 aromatic heterocycles. The quantitative estimate of drug-likeness (QED) is 0.700. The van der Waals surface area contributed by atoms with E-state index in [9.17, 15) is 13.2 Å². The molecule has 2 aliphatic carbocycles. The summed E-state index contributed by atoms with van der Waals surface area (Å²) in [5.74, 6) is 0.272. The van der Waals surface area contributed by atoms with Gasteiger partial charge in [0.1, 0.15) is 0 Å². The SMILES string of the molecule is COC(=O)[C@@]1(COC2CCC(c3ccccc3)CC2)CC[C@H](NS(C)(=O)=O)C1. The molecule has 0 radical (unpaired) electrons. The van der Waals surface area contributed by atoms with E-state index in [0.717, 1.165) is 31.9 Å². The topological polar surface area (TPSA) is 81.7 Å². The number of hydrogen-bond acceptors (Lipinski definition) is 5. The molecule has 0 bridgehead atoms. The van der Waals surface area contributed by atoms with E-state index in [-0.39, 0.29) is 18.1 Å². The number of rotatable bonds is 7. The van der Waals surface area contributed by atoms with Crippen LogP contribution in [0.3, 0.4) is 0 Å². The van der Waals surface area contributed by atoms with Crippen molar-refractivity contribution in [2.75, 3.05) is 20.0 Å². The average Bonchev–Trinajstić information content (AvgIpc) is 3.09. The summed E-state index contributed by atoms with van der Waals surface area (Å²) < 4.78 is 36.9. The van der Waals surface area contributed by atoms with Crippen LogP contribution in [-0.2, 0) is 24.3 Å². The third-order valence-corrected chi connectivity index (χ3v) is 6.91. The Kier molecular flexibility index (Phi) is 6.78. The standard InChI is InChI=1S/C21H31NO5S/c1-26-20(23)21(13-12-18(14-21)22-28(2,24)25)15-27-19-10-8-17(9-11-19)16-6-4-3-5-7-16/h3-7,17-19,22H,8-15H2,1-2H3/t17?,18-,19?,21-/m0/s1. The molecule has 2 saturated carbocycles. The second kappa shape index (κ2) is 8.93. The van der Waals surface area contributed by atoms with Crippen molar-refractivity contribution in [3.8, 4) is 0 Å². The molecule has 0 saturated heterocycles. The van der Waals surface area contributed by atoms with Crippen LogP contribution in [-0.4, -0.2) is 46.5 Å². The summed E-state index contributed by atoms with van der Waals surface area (Å²) in [5.41, 5.74) is 0.630. The van der Waals surface area contributed by atoms with E-state index >= 15 is 0 Å². The highest BCUT2D eigenvalue weighted by molar-refractivity contribution is 7.88. The van der Waals surface area contributed by atoms with Crippen LogP contribution < -0.4 is 4.72 Å². The Morgan fingerprint density at radius 1 is 1.14 bits per heavy atom. The number of esters is 1. The molecule has 0 aliphatic heterocycles. The van der Waals surface area contributed by atoms with Crippen molar-refractivity contribution >= 4 is 16.0 Å². The van der Waals surface area contributed by atoms with Gasteiger partial charge in [0.2, 0.25) is 10.0 Å². The zero-order chi connectivity index (χ0) is 20.2. The van der Waals surface area contributed by atoms with Crippen molar-refractivity contribution in [2.24, 2.45) is 5.41 Å². The number of sulfonamides is 1. The molecule has 0 heterocycles. The van der Waals surface area contributed by atoms with Crippen molar-refractivity contribution in [1.82, 2.24) is 4.72 Å². The molecule has 2 atom stereocenters. The second-order valence-corrected chi connectivity index (χ2v) is 10.1. The van der Waals surface area contributed by atoms with Gasteiger partial charge in [-0.1, -0.05) is 30.3 Å². The third kappa shape index (κ3) is 5.33. The lowest BCUT2D eigenvalue weighted by Gasteiger charge is -2.32. The zero-order valence-corrected chi connectivity index (χ0v) is 17.5. The van der Waals surface area contributed by atoms with E-state index in [1.807, 2.05) is 6.07 Å². The lowest BCUT2D eigenvalue weighted by molar-refractivity contribution is -0.158. The minimum atomic E-state index is -3.30. The molecule has 2 aliphatic rings. The Bertz CT molecular complexity index is 758. The highest BCUT2D eigenvalue weighted by Gasteiger charge is 2.47. The van der Waals surface area contributed by atoms with E-state index in [4.69, 9.17) is 9.47 Å². The van der Waals surface area contributed by atoms with Gasteiger partial charge in [0.05, 0.1) is 31.5 Å². The highest BCUT2D eigenvalue weighted by Crippen LogP contribution is 2.41. The molecule has 2 fully saturated rings. The first-order chi connectivity index (χ1) is 13.3. The zero-order valence-electron chi connectivity index (χ0n) is 16.7. The van der Waals surface area contributed by atoms with Gasteiger partial charge in [-0.3, -0.25) is 4.79 Å². The molecule has 6 nitrogen and oxygen atoms in total. The fourth-order valence-electron chi connectivity index (χ4n) is 4.69. The van der Waals surface area contributed by atoms with Crippen LogP contribution in [0.2, 0.25) is 0 Å². The molecular formula is C21H31NO5S. The maximum absolute atomic E-state index is 12.5. The molecule has 0 spiro atoms. The van der Waals surface area contributed by atoms with Crippen LogP contribution in [0.5, 0.6) is 0 Å². The Morgan fingerprint density at radius 2 is 1.82 bits per heavy atom. The van der Waals surface area contributed by atoms with E-state index in [0.29, 0.717) is 31.8 Å². The monoisotopic (exact) mass is 409 g/mol. The van der Waals surface area contributed by atoms with Crippen LogP contribution in [0.4, 0.5) is 0 Å². The minimum absolute atomic E-state index is 0.142. The van der Waals surface area contributed by atoms with E-state index in [2.05, 4.69) is 29.0 Å². The number of methoxy groups -OCH3 is 1. The summed E-state index contributed by atoms with van der Waals surface area (Å²) in [5, 5.41) is 0. The number of carbonyl (C=O) groups is 1. The second-order valence-electron chi connectivity index (χ2n) is 8.30. The van der Waals surface area contributed by atoms with E-state index < -0.39 is 15.4 Å². The first kappa shape index (κ1) is 21.3. The molecule has 7 heteroatoms. The first-order valence-electron chi connectivity index (χ1n) is 10.0. The maximum Gasteiger partial charge on any atom is 0.314 e. The summed E-state index contributed by atoms with van der Waals surface area (Å²) in [4.78, 5) is 12.5. The fraction of sp³-hybridized carbons (Fsp3) is 0.667. The minimum Gasteiger partial charge on any atom is -0.469 e. The predicted molar refractivity (Wildman–Crippen MR) is 107 cm³/mol. The van der Waals surface area contributed by atoms with Gasteiger partial charge >= 0.3 is 5.97 Å². The van der Waals surface area contributed by atoms with Crippen LogP contribution in [0.1, 0.15) is 56.4 Å². The van der Waals surface area contributed by atoms with E-state index in [1.54, 1.807) is 0 Å².